The summed E-state index contributed by atoms with van der Waals surface area (Å²) in [5, 5.41) is 11.8. The lowest BCUT2D eigenvalue weighted by Gasteiger charge is -2.22. The maximum absolute atomic E-state index is 10.5. The molecular formula is C9H15NO2. The number of carboxylic acids is 1. The van der Waals surface area contributed by atoms with Crippen LogP contribution in [0, 0.1) is 5.92 Å². The monoisotopic (exact) mass is 169 g/mol. The molecule has 2 N–H and O–H groups in total. The number of hydrogen-bond donors (Lipinski definition) is 2. The lowest BCUT2D eigenvalue weighted by Crippen LogP contribution is -2.30. The fourth-order valence-corrected chi connectivity index (χ4v) is 1.53. The first-order valence-corrected chi connectivity index (χ1v) is 4.32. The third-order valence-electron chi connectivity index (χ3n) is 2.24. The van der Waals surface area contributed by atoms with Gasteiger partial charge in [0.25, 0.3) is 0 Å². The first kappa shape index (κ1) is 9.26. The molecule has 0 aliphatic carbocycles. The smallest absolute Gasteiger partial charge is 0.330 e. The highest BCUT2D eigenvalue weighted by Crippen LogP contribution is 2.17. The van der Waals surface area contributed by atoms with Crippen molar-refractivity contribution < 1.29 is 9.90 Å². The van der Waals surface area contributed by atoms with E-state index in [4.69, 9.17) is 5.11 Å². The Morgan fingerprint density at radius 1 is 1.67 bits per heavy atom. The first-order chi connectivity index (χ1) is 5.70. The molecule has 0 saturated carbocycles. The zero-order valence-corrected chi connectivity index (χ0v) is 7.18. The number of aliphatic carboxylic acids is 1. The number of carboxylic acid groups (broad SMARTS) is 1. The topological polar surface area (TPSA) is 49.3 Å². The fraction of sp³-hybridized carbons (Fsp3) is 0.667. The van der Waals surface area contributed by atoms with Gasteiger partial charge < -0.3 is 10.4 Å². The van der Waals surface area contributed by atoms with Gasteiger partial charge in [0.15, 0.2) is 0 Å². The molecule has 0 bridgehead atoms. The van der Waals surface area contributed by atoms with E-state index in [9.17, 15) is 4.79 Å². The third kappa shape index (κ3) is 2.66. The molecule has 0 radical (unpaired) electrons. The largest absolute Gasteiger partial charge is 0.478 e. The van der Waals surface area contributed by atoms with Gasteiger partial charge in [-0.05, 0) is 38.3 Å². The molecule has 3 heteroatoms. The maximum atomic E-state index is 10.5. The van der Waals surface area contributed by atoms with E-state index < -0.39 is 5.97 Å². The molecule has 0 spiro atoms. The van der Waals surface area contributed by atoms with Crippen LogP contribution in [0.3, 0.4) is 0 Å². The van der Waals surface area contributed by atoms with Crippen LogP contribution in [0.5, 0.6) is 0 Å². The minimum atomic E-state index is -0.861. The lowest BCUT2D eigenvalue weighted by molar-refractivity contribution is -0.132. The van der Waals surface area contributed by atoms with Crippen LogP contribution in [-0.4, -0.2) is 24.2 Å². The molecule has 1 rings (SSSR count). The molecular weight excluding hydrogens is 154 g/mol. The van der Waals surface area contributed by atoms with Gasteiger partial charge in [0.1, 0.15) is 0 Å². The van der Waals surface area contributed by atoms with Gasteiger partial charge in [-0.1, -0.05) is 6.58 Å². The Hall–Kier alpha value is -0.830. The summed E-state index contributed by atoms with van der Waals surface area (Å²) in [6.45, 7) is 5.52. The molecule has 0 aromatic heterocycles. The minimum Gasteiger partial charge on any atom is -0.478 e. The minimum absolute atomic E-state index is 0.337. The van der Waals surface area contributed by atoms with Crippen LogP contribution in [0.25, 0.3) is 0 Å². The molecule has 0 aromatic rings. The molecule has 1 atom stereocenters. The average Bonchev–Trinajstić information content (AvgIpc) is 2.06. The fourth-order valence-electron chi connectivity index (χ4n) is 1.53. The van der Waals surface area contributed by atoms with Crippen molar-refractivity contribution >= 4 is 5.97 Å². The number of piperidine rings is 1. The van der Waals surface area contributed by atoms with Gasteiger partial charge in [-0.25, -0.2) is 4.79 Å². The van der Waals surface area contributed by atoms with E-state index in [2.05, 4.69) is 11.9 Å². The molecule has 0 aromatic carbocycles. The number of nitrogens with one attached hydrogen (secondary N) is 1. The van der Waals surface area contributed by atoms with Gasteiger partial charge in [-0.3, -0.25) is 0 Å². The number of carbonyl (C=O) groups is 1. The van der Waals surface area contributed by atoms with Gasteiger partial charge in [0.05, 0.1) is 0 Å². The highest BCUT2D eigenvalue weighted by Gasteiger charge is 2.16. The summed E-state index contributed by atoms with van der Waals surface area (Å²) in [4.78, 5) is 10.5. The summed E-state index contributed by atoms with van der Waals surface area (Å²) >= 11 is 0. The number of rotatable bonds is 3. The van der Waals surface area contributed by atoms with Gasteiger partial charge in [-0.2, -0.15) is 0 Å². The van der Waals surface area contributed by atoms with Crippen LogP contribution in [0.4, 0.5) is 0 Å². The Bertz CT molecular complexity index is 183. The highest BCUT2D eigenvalue weighted by atomic mass is 16.4. The summed E-state index contributed by atoms with van der Waals surface area (Å²) in [6.07, 6.45) is 2.90. The van der Waals surface area contributed by atoms with Crippen LogP contribution >= 0.6 is 0 Å². The van der Waals surface area contributed by atoms with E-state index in [0.29, 0.717) is 17.9 Å². The second kappa shape index (κ2) is 4.26. The Morgan fingerprint density at radius 2 is 2.42 bits per heavy atom. The van der Waals surface area contributed by atoms with Gasteiger partial charge in [0.2, 0.25) is 0 Å². The summed E-state index contributed by atoms with van der Waals surface area (Å²) in [6, 6.07) is 0. The normalized spacial score (nSPS) is 23.5. The predicted octanol–water partition coefficient (Wildman–Crippen LogP) is 1.02. The lowest BCUT2D eigenvalue weighted by atomic mass is 9.93. The van der Waals surface area contributed by atoms with Gasteiger partial charge in [0, 0.05) is 5.57 Å². The Balaban J connectivity index is 2.29. The molecule has 3 nitrogen and oxygen atoms in total. The van der Waals surface area contributed by atoms with Crippen molar-refractivity contribution in [2.24, 2.45) is 5.92 Å². The van der Waals surface area contributed by atoms with Gasteiger partial charge >= 0.3 is 5.97 Å². The van der Waals surface area contributed by atoms with E-state index in [1.165, 1.54) is 0 Å². The zero-order chi connectivity index (χ0) is 8.97. The predicted molar refractivity (Wildman–Crippen MR) is 47.0 cm³/mol. The average molecular weight is 169 g/mol. The Morgan fingerprint density at radius 3 is 2.92 bits per heavy atom. The zero-order valence-electron chi connectivity index (χ0n) is 7.18. The van der Waals surface area contributed by atoms with Crippen molar-refractivity contribution in [1.82, 2.24) is 5.32 Å². The Labute approximate surface area is 72.5 Å². The first-order valence-electron chi connectivity index (χ1n) is 4.32. The van der Waals surface area contributed by atoms with Crippen molar-refractivity contribution in [3.05, 3.63) is 12.2 Å². The molecule has 1 heterocycles. The summed E-state index contributed by atoms with van der Waals surface area (Å²) in [5.41, 5.74) is 0.337. The van der Waals surface area contributed by atoms with E-state index in [-0.39, 0.29) is 0 Å². The molecule has 1 unspecified atom stereocenters. The van der Waals surface area contributed by atoms with Gasteiger partial charge in [-0.15, -0.1) is 0 Å². The highest BCUT2D eigenvalue weighted by molar-refractivity contribution is 5.85. The molecule has 0 amide bonds. The molecule has 1 fully saturated rings. The standard InChI is InChI=1S/C9H15NO2/c1-7(9(11)12)5-8-3-2-4-10-6-8/h8,10H,1-6H2,(H,11,12). The van der Waals surface area contributed by atoms with Crippen molar-refractivity contribution in [1.29, 1.82) is 0 Å². The molecule has 1 aliphatic heterocycles. The molecule has 68 valence electrons. The molecule has 1 aliphatic rings. The van der Waals surface area contributed by atoms with Crippen LogP contribution in [-0.2, 0) is 4.79 Å². The quantitative estimate of drug-likeness (QED) is 0.620. The van der Waals surface area contributed by atoms with Crippen molar-refractivity contribution in [3.63, 3.8) is 0 Å². The van der Waals surface area contributed by atoms with E-state index in [0.717, 1.165) is 25.9 Å². The summed E-state index contributed by atoms with van der Waals surface area (Å²) in [5.74, 6) is -0.386. The van der Waals surface area contributed by atoms with Crippen LogP contribution in [0.2, 0.25) is 0 Å². The summed E-state index contributed by atoms with van der Waals surface area (Å²) < 4.78 is 0. The van der Waals surface area contributed by atoms with Crippen molar-refractivity contribution in [2.75, 3.05) is 13.1 Å². The summed E-state index contributed by atoms with van der Waals surface area (Å²) in [7, 11) is 0. The SMILES string of the molecule is C=C(CC1CCCNC1)C(=O)O. The third-order valence-corrected chi connectivity index (χ3v) is 2.24. The second-order valence-electron chi connectivity index (χ2n) is 3.33. The van der Waals surface area contributed by atoms with E-state index >= 15 is 0 Å². The van der Waals surface area contributed by atoms with Crippen LogP contribution in [0.15, 0.2) is 12.2 Å². The van der Waals surface area contributed by atoms with Crippen LogP contribution < -0.4 is 5.32 Å². The second-order valence-corrected chi connectivity index (χ2v) is 3.33. The van der Waals surface area contributed by atoms with Crippen molar-refractivity contribution in [3.8, 4) is 0 Å². The Kier molecular flexibility index (Phi) is 3.29. The van der Waals surface area contributed by atoms with Crippen LogP contribution in [0.1, 0.15) is 19.3 Å². The van der Waals surface area contributed by atoms with E-state index in [1.807, 2.05) is 0 Å². The molecule has 1 saturated heterocycles. The molecule has 12 heavy (non-hydrogen) atoms. The maximum Gasteiger partial charge on any atom is 0.330 e. The van der Waals surface area contributed by atoms with E-state index in [1.54, 1.807) is 0 Å². The number of hydrogen-bond acceptors (Lipinski definition) is 2. The van der Waals surface area contributed by atoms with Crippen molar-refractivity contribution in [2.45, 2.75) is 19.3 Å².